The summed E-state index contributed by atoms with van der Waals surface area (Å²) in [4.78, 5) is 4.29. The number of nitrogens with zero attached hydrogens (tertiary/aromatic N) is 1. The van der Waals surface area contributed by atoms with E-state index in [0.29, 0.717) is 11.2 Å². The Kier molecular flexibility index (Phi) is 3.35. The highest BCUT2D eigenvalue weighted by Gasteiger charge is 2.17. The average molecular weight is 298 g/mol. The Morgan fingerprint density at radius 1 is 1.00 bits per heavy atom. The number of sulfonamides is 1. The molecule has 4 nitrogen and oxygen atoms in total. The van der Waals surface area contributed by atoms with Gasteiger partial charge in [0.2, 0.25) is 0 Å². The van der Waals surface area contributed by atoms with Crippen molar-refractivity contribution in [3.05, 3.63) is 66.4 Å². The van der Waals surface area contributed by atoms with Gasteiger partial charge in [-0.3, -0.25) is 4.72 Å². The summed E-state index contributed by atoms with van der Waals surface area (Å²) >= 11 is 0. The van der Waals surface area contributed by atoms with Crippen molar-refractivity contribution in [1.82, 2.24) is 4.98 Å². The van der Waals surface area contributed by atoms with Crippen LogP contribution in [0.3, 0.4) is 0 Å². The standard InChI is InChI=1S/C16H14N2O2S/c1-12-9-10-17-16(11-12)18-21(19,20)15-8-4-6-13-5-2-3-7-14(13)15/h2-11H,1H3,(H,17,18). The van der Waals surface area contributed by atoms with Crippen LogP contribution in [0.2, 0.25) is 0 Å². The van der Waals surface area contributed by atoms with Crippen LogP contribution in [0, 0.1) is 6.92 Å². The lowest BCUT2D eigenvalue weighted by Gasteiger charge is -2.10. The lowest BCUT2D eigenvalue weighted by atomic mass is 10.1. The number of rotatable bonds is 3. The van der Waals surface area contributed by atoms with Gasteiger partial charge in [0.05, 0.1) is 4.90 Å². The number of pyridine rings is 1. The molecule has 5 heteroatoms. The van der Waals surface area contributed by atoms with Crippen LogP contribution in [0.25, 0.3) is 10.8 Å². The summed E-state index contributed by atoms with van der Waals surface area (Å²) in [5.74, 6) is 0.322. The predicted octanol–water partition coefficient (Wildman–Crippen LogP) is 3.34. The Hall–Kier alpha value is -2.40. The lowest BCUT2D eigenvalue weighted by Crippen LogP contribution is -2.14. The first kappa shape index (κ1) is 13.6. The molecule has 106 valence electrons. The Bertz CT molecular complexity index is 900. The first-order valence-electron chi connectivity index (χ1n) is 6.49. The molecular weight excluding hydrogens is 284 g/mol. The quantitative estimate of drug-likeness (QED) is 0.806. The van der Waals surface area contributed by atoms with Crippen LogP contribution in [0.15, 0.2) is 65.7 Å². The van der Waals surface area contributed by atoms with Crippen LogP contribution in [-0.2, 0) is 10.0 Å². The second-order valence-corrected chi connectivity index (χ2v) is 6.45. The largest absolute Gasteiger partial charge is 0.263 e. The number of hydrogen-bond donors (Lipinski definition) is 1. The van der Waals surface area contributed by atoms with Gasteiger partial charge < -0.3 is 0 Å². The molecule has 1 N–H and O–H groups in total. The highest BCUT2D eigenvalue weighted by molar-refractivity contribution is 7.93. The van der Waals surface area contributed by atoms with E-state index >= 15 is 0 Å². The third-order valence-corrected chi connectivity index (χ3v) is 4.61. The van der Waals surface area contributed by atoms with Crippen LogP contribution < -0.4 is 4.72 Å². The van der Waals surface area contributed by atoms with E-state index in [-0.39, 0.29) is 4.90 Å². The van der Waals surface area contributed by atoms with Gasteiger partial charge in [0.25, 0.3) is 10.0 Å². The fourth-order valence-electron chi connectivity index (χ4n) is 2.21. The summed E-state index contributed by atoms with van der Waals surface area (Å²) in [6.07, 6.45) is 1.58. The van der Waals surface area contributed by atoms with Crippen molar-refractivity contribution < 1.29 is 8.42 Å². The van der Waals surface area contributed by atoms with E-state index < -0.39 is 10.0 Å². The van der Waals surface area contributed by atoms with Crippen molar-refractivity contribution in [2.45, 2.75) is 11.8 Å². The van der Waals surface area contributed by atoms with Crippen LogP contribution in [0.1, 0.15) is 5.56 Å². The minimum absolute atomic E-state index is 0.254. The summed E-state index contributed by atoms with van der Waals surface area (Å²) in [5.41, 5.74) is 0.945. The van der Waals surface area contributed by atoms with Gasteiger partial charge in [-0.25, -0.2) is 13.4 Å². The molecule has 0 radical (unpaired) electrons. The fraction of sp³-hybridized carbons (Fsp3) is 0.0625. The van der Waals surface area contributed by atoms with Crippen LogP contribution in [0.5, 0.6) is 0 Å². The second kappa shape index (κ2) is 5.18. The minimum atomic E-state index is -3.67. The molecule has 1 heterocycles. The lowest BCUT2D eigenvalue weighted by molar-refractivity contribution is 0.602. The van der Waals surface area contributed by atoms with Crippen molar-refractivity contribution in [2.24, 2.45) is 0 Å². The van der Waals surface area contributed by atoms with Crippen molar-refractivity contribution in [3.8, 4) is 0 Å². The van der Waals surface area contributed by atoms with Crippen molar-refractivity contribution in [2.75, 3.05) is 4.72 Å². The maximum Gasteiger partial charge on any atom is 0.263 e. The molecule has 0 bridgehead atoms. The number of anilines is 1. The molecule has 0 spiro atoms. The van der Waals surface area contributed by atoms with E-state index in [1.807, 2.05) is 37.3 Å². The van der Waals surface area contributed by atoms with Gasteiger partial charge in [0, 0.05) is 11.6 Å². The van der Waals surface area contributed by atoms with Crippen LogP contribution in [-0.4, -0.2) is 13.4 Å². The van der Waals surface area contributed by atoms with Gasteiger partial charge in [-0.2, -0.15) is 0 Å². The van der Waals surface area contributed by atoms with E-state index in [0.717, 1.165) is 10.9 Å². The number of aromatic nitrogens is 1. The van der Waals surface area contributed by atoms with Crippen LogP contribution in [0.4, 0.5) is 5.82 Å². The number of nitrogens with one attached hydrogen (secondary N) is 1. The van der Waals surface area contributed by atoms with E-state index in [4.69, 9.17) is 0 Å². The van der Waals surface area contributed by atoms with E-state index in [9.17, 15) is 8.42 Å². The molecular formula is C16H14N2O2S. The Balaban J connectivity index is 2.09. The van der Waals surface area contributed by atoms with Crippen molar-refractivity contribution >= 4 is 26.6 Å². The van der Waals surface area contributed by atoms with E-state index in [2.05, 4.69) is 9.71 Å². The Morgan fingerprint density at radius 2 is 1.76 bits per heavy atom. The number of fused-ring (bicyclic) bond motifs is 1. The predicted molar refractivity (Wildman–Crippen MR) is 83.7 cm³/mol. The molecule has 0 aliphatic rings. The molecule has 0 saturated carbocycles. The molecule has 0 amide bonds. The molecule has 21 heavy (non-hydrogen) atoms. The molecule has 3 rings (SSSR count). The average Bonchev–Trinajstić information content (AvgIpc) is 2.46. The number of benzene rings is 2. The second-order valence-electron chi connectivity index (χ2n) is 4.80. The maximum atomic E-state index is 12.6. The molecule has 0 saturated heterocycles. The Labute approximate surface area is 123 Å². The zero-order chi connectivity index (χ0) is 14.9. The van der Waals surface area contributed by atoms with E-state index in [1.165, 1.54) is 0 Å². The summed E-state index contributed by atoms with van der Waals surface area (Å²) in [5, 5.41) is 1.58. The third kappa shape index (κ3) is 2.73. The molecule has 0 aliphatic heterocycles. The first-order valence-corrected chi connectivity index (χ1v) is 7.98. The van der Waals surface area contributed by atoms with Gasteiger partial charge in [-0.05, 0) is 36.1 Å². The molecule has 2 aromatic carbocycles. The third-order valence-electron chi connectivity index (χ3n) is 3.19. The Morgan fingerprint density at radius 3 is 2.57 bits per heavy atom. The summed E-state index contributed by atoms with van der Waals surface area (Å²) in [7, 11) is -3.67. The van der Waals surface area contributed by atoms with Crippen LogP contribution >= 0.6 is 0 Å². The number of aryl methyl sites for hydroxylation is 1. The first-order chi connectivity index (χ1) is 10.1. The van der Waals surface area contributed by atoms with Crippen molar-refractivity contribution in [3.63, 3.8) is 0 Å². The molecule has 0 fully saturated rings. The highest BCUT2D eigenvalue weighted by Crippen LogP contribution is 2.24. The molecule has 0 unspecified atom stereocenters. The summed E-state index contributed by atoms with van der Waals surface area (Å²) in [6.45, 7) is 1.89. The maximum absolute atomic E-state index is 12.6. The zero-order valence-corrected chi connectivity index (χ0v) is 12.3. The SMILES string of the molecule is Cc1ccnc(NS(=O)(=O)c2cccc3ccccc23)c1. The monoisotopic (exact) mass is 298 g/mol. The van der Waals surface area contributed by atoms with Gasteiger partial charge in [-0.15, -0.1) is 0 Å². The summed E-state index contributed by atoms with van der Waals surface area (Å²) in [6, 6.07) is 16.1. The molecule has 3 aromatic rings. The molecule has 0 atom stereocenters. The van der Waals surface area contributed by atoms with Gasteiger partial charge in [0.15, 0.2) is 0 Å². The minimum Gasteiger partial charge on any atom is -0.263 e. The number of hydrogen-bond acceptors (Lipinski definition) is 3. The normalized spacial score (nSPS) is 11.5. The van der Waals surface area contributed by atoms with E-state index in [1.54, 1.807) is 30.5 Å². The highest BCUT2D eigenvalue weighted by atomic mass is 32.2. The fourth-order valence-corrected chi connectivity index (χ4v) is 3.44. The zero-order valence-electron chi connectivity index (χ0n) is 11.4. The molecule has 0 aliphatic carbocycles. The smallest absolute Gasteiger partial charge is 0.263 e. The van der Waals surface area contributed by atoms with Crippen molar-refractivity contribution in [1.29, 1.82) is 0 Å². The topological polar surface area (TPSA) is 59.1 Å². The van der Waals surface area contributed by atoms with Gasteiger partial charge >= 0.3 is 0 Å². The molecule has 1 aromatic heterocycles. The van der Waals surface area contributed by atoms with Gasteiger partial charge in [0.1, 0.15) is 5.82 Å². The van der Waals surface area contributed by atoms with Gasteiger partial charge in [-0.1, -0.05) is 36.4 Å². The summed E-state index contributed by atoms with van der Waals surface area (Å²) < 4.78 is 27.7.